The lowest BCUT2D eigenvalue weighted by atomic mass is 10.2. The second-order valence-corrected chi connectivity index (χ2v) is 4.97. The summed E-state index contributed by atoms with van der Waals surface area (Å²) in [4.78, 5) is 20.7. The zero-order chi connectivity index (χ0) is 14.2. The number of nitrogens with two attached hydrogens (primary N) is 1. The highest BCUT2D eigenvalue weighted by molar-refractivity contribution is 5.84. The van der Waals surface area contributed by atoms with E-state index in [1.807, 2.05) is 32.9 Å². The number of hydrogen-bond acceptors (Lipinski definition) is 4. The Labute approximate surface area is 112 Å². The molecule has 2 heterocycles. The molecule has 6 heteroatoms. The molecule has 0 bridgehead atoms. The number of nitrogens with one attached hydrogen (secondary N) is 1. The van der Waals surface area contributed by atoms with Gasteiger partial charge in [-0.1, -0.05) is 0 Å². The molecule has 3 N–H and O–H groups in total. The number of nitrogens with zero attached hydrogens (tertiary/aromatic N) is 3. The van der Waals surface area contributed by atoms with Crippen LogP contribution in [0.2, 0.25) is 0 Å². The Morgan fingerprint density at radius 3 is 2.63 bits per heavy atom. The number of aryl methyl sites for hydroxylation is 1. The van der Waals surface area contributed by atoms with Gasteiger partial charge in [0.1, 0.15) is 11.6 Å². The minimum absolute atomic E-state index is 0.0839. The Morgan fingerprint density at radius 1 is 1.32 bits per heavy atom. The maximum absolute atomic E-state index is 12.1. The fraction of sp³-hybridized carbons (Fsp3) is 0.462. The molecule has 1 amide bonds. The molecule has 2 aromatic heterocycles. The van der Waals surface area contributed by atoms with E-state index >= 15 is 0 Å². The summed E-state index contributed by atoms with van der Waals surface area (Å²) in [6, 6.07) is 3.37. The van der Waals surface area contributed by atoms with E-state index in [2.05, 4.69) is 15.3 Å². The van der Waals surface area contributed by atoms with Gasteiger partial charge in [-0.05, 0) is 39.8 Å². The molecule has 0 saturated carbocycles. The first-order chi connectivity index (χ1) is 8.90. The molecule has 102 valence electrons. The van der Waals surface area contributed by atoms with Crippen LogP contribution in [0.25, 0.3) is 11.2 Å². The molecule has 2 aromatic rings. The maximum atomic E-state index is 12.1. The van der Waals surface area contributed by atoms with Gasteiger partial charge in [-0.2, -0.15) is 0 Å². The Morgan fingerprint density at radius 2 is 2.00 bits per heavy atom. The molecule has 2 rings (SSSR count). The summed E-state index contributed by atoms with van der Waals surface area (Å²) in [5.74, 6) is 0.212. The number of amides is 1. The van der Waals surface area contributed by atoms with Crippen molar-refractivity contribution in [1.29, 1.82) is 0 Å². The van der Waals surface area contributed by atoms with Gasteiger partial charge in [0.2, 0.25) is 11.9 Å². The lowest BCUT2D eigenvalue weighted by molar-refractivity contribution is -0.124. The normalized spacial score (nSPS) is 12.9. The molecule has 19 heavy (non-hydrogen) atoms. The highest BCUT2D eigenvalue weighted by Gasteiger charge is 2.21. The van der Waals surface area contributed by atoms with Gasteiger partial charge in [0, 0.05) is 11.7 Å². The Kier molecular flexibility index (Phi) is 3.42. The maximum Gasteiger partial charge on any atom is 0.243 e. The second kappa shape index (κ2) is 4.87. The van der Waals surface area contributed by atoms with Crippen LogP contribution in [0.4, 0.5) is 5.95 Å². The molecule has 0 spiro atoms. The number of rotatable bonds is 3. The van der Waals surface area contributed by atoms with E-state index in [0.29, 0.717) is 17.1 Å². The van der Waals surface area contributed by atoms with Gasteiger partial charge >= 0.3 is 0 Å². The van der Waals surface area contributed by atoms with Crippen LogP contribution >= 0.6 is 0 Å². The molecular weight excluding hydrogens is 242 g/mol. The van der Waals surface area contributed by atoms with Crippen molar-refractivity contribution in [3.8, 4) is 0 Å². The van der Waals surface area contributed by atoms with Crippen molar-refractivity contribution in [2.45, 2.75) is 39.8 Å². The SMILES string of the molecule is Cc1ccc2nc(N)n(C(C)C(=O)NC(C)C)c2n1. The van der Waals surface area contributed by atoms with E-state index in [0.717, 1.165) is 5.69 Å². The smallest absolute Gasteiger partial charge is 0.243 e. The van der Waals surface area contributed by atoms with E-state index in [9.17, 15) is 4.79 Å². The van der Waals surface area contributed by atoms with Gasteiger partial charge in [-0.3, -0.25) is 9.36 Å². The first-order valence-corrected chi connectivity index (χ1v) is 6.31. The quantitative estimate of drug-likeness (QED) is 0.874. The predicted molar refractivity (Wildman–Crippen MR) is 74.7 cm³/mol. The number of hydrogen-bond donors (Lipinski definition) is 2. The van der Waals surface area contributed by atoms with E-state index in [1.165, 1.54) is 0 Å². The van der Waals surface area contributed by atoms with Gasteiger partial charge < -0.3 is 11.1 Å². The van der Waals surface area contributed by atoms with Crippen LogP contribution in [0, 0.1) is 6.92 Å². The van der Waals surface area contributed by atoms with Crippen molar-refractivity contribution in [2.24, 2.45) is 0 Å². The second-order valence-electron chi connectivity index (χ2n) is 4.97. The minimum Gasteiger partial charge on any atom is -0.369 e. The first-order valence-electron chi connectivity index (χ1n) is 6.31. The number of aromatic nitrogens is 3. The molecule has 0 aromatic carbocycles. The number of carbonyl (C=O) groups is 1. The fourth-order valence-electron chi connectivity index (χ4n) is 1.99. The van der Waals surface area contributed by atoms with Crippen LogP contribution in [0.5, 0.6) is 0 Å². The van der Waals surface area contributed by atoms with Crippen LogP contribution in [0.1, 0.15) is 32.5 Å². The Balaban J connectivity index is 2.46. The fourth-order valence-corrected chi connectivity index (χ4v) is 1.99. The molecule has 0 aliphatic heterocycles. The minimum atomic E-state index is -0.443. The van der Waals surface area contributed by atoms with Crippen molar-refractivity contribution >= 4 is 23.0 Å². The average molecular weight is 261 g/mol. The van der Waals surface area contributed by atoms with Crippen LogP contribution in [-0.4, -0.2) is 26.5 Å². The molecule has 1 atom stereocenters. The Hall–Kier alpha value is -2.11. The van der Waals surface area contributed by atoms with Crippen molar-refractivity contribution in [2.75, 3.05) is 5.73 Å². The summed E-state index contributed by atoms with van der Waals surface area (Å²) in [5, 5.41) is 2.87. The highest BCUT2D eigenvalue weighted by Crippen LogP contribution is 2.21. The third-order valence-electron chi connectivity index (χ3n) is 2.90. The number of fused-ring (bicyclic) bond motifs is 1. The van der Waals surface area contributed by atoms with E-state index in [1.54, 1.807) is 11.5 Å². The van der Waals surface area contributed by atoms with Gasteiger partial charge in [-0.15, -0.1) is 0 Å². The summed E-state index contributed by atoms with van der Waals surface area (Å²) in [6.45, 7) is 7.52. The number of imidazole rings is 1. The first kappa shape index (κ1) is 13.3. The van der Waals surface area contributed by atoms with Crippen LogP contribution in [0.3, 0.4) is 0 Å². The van der Waals surface area contributed by atoms with Crippen LogP contribution < -0.4 is 11.1 Å². The van der Waals surface area contributed by atoms with Crippen molar-refractivity contribution in [3.63, 3.8) is 0 Å². The summed E-state index contributed by atoms with van der Waals surface area (Å²) in [5.41, 5.74) is 8.11. The predicted octanol–water partition coefficient (Wildman–Crippen LogP) is 1.41. The van der Waals surface area contributed by atoms with E-state index < -0.39 is 6.04 Å². The molecule has 1 unspecified atom stereocenters. The standard InChI is InChI=1S/C13H19N5O/c1-7(2)15-12(19)9(4)18-11-10(17-13(18)14)6-5-8(3)16-11/h5-7,9H,1-4H3,(H2,14,17)(H,15,19). The summed E-state index contributed by atoms with van der Waals surface area (Å²) in [6.07, 6.45) is 0. The van der Waals surface area contributed by atoms with Crippen molar-refractivity contribution < 1.29 is 4.79 Å². The zero-order valence-corrected chi connectivity index (χ0v) is 11.6. The van der Waals surface area contributed by atoms with Crippen molar-refractivity contribution in [3.05, 3.63) is 17.8 Å². The van der Waals surface area contributed by atoms with Crippen LogP contribution in [-0.2, 0) is 4.79 Å². The summed E-state index contributed by atoms with van der Waals surface area (Å²) >= 11 is 0. The molecule has 0 fully saturated rings. The van der Waals surface area contributed by atoms with Crippen molar-refractivity contribution in [1.82, 2.24) is 19.9 Å². The molecule has 0 aliphatic rings. The van der Waals surface area contributed by atoms with Crippen LogP contribution in [0.15, 0.2) is 12.1 Å². The highest BCUT2D eigenvalue weighted by atomic mass is 16.2. The largest absolute Gasteiger partial charge is 0.369 e. The number of anilines is 1. The number of carbonyl (C=O) groups excluding carboxylic acids is 1. The molecule has 0 saturated heterocycles. The average Bonchev–Trinajstić information content (AvgIpc) is 2.62. The van der Waals surface area contributed by atoms with Gasteiger partial charge in [0.15, 0.2) is 5.65 Å². The Bertz CT molecular complexity index is 617. The summed E-state index contributed by atoms with van der Waals surface area (Å²) in [7, 11) is 0. The molecular formula is C13H19N5O. The van der Waals surface area contributed by atoms with Gasteiger partial charge in [-0.25, -0.2) is 9.97 Å². The third-order valence-corrected chi connectivity index (χ3v) is 2.90. The van der Waals surface area contributed by atoms with Gasteiger partial charge in [0.25, 0.3) is 0 Å². The lowest BCUT2D eigenvalue weighted by Gasteiger charge is -2.17. The lowest BCUT2D eigenvalue weighted by Crippen LogP contribution is -2.36. The third kappa shape index (κ3) is 2.52. The number of nitrogen functional groups attached to an aromatic ring is 1. The monoisotopic (exact) mass is 261 g/mol. The zero-order valence-electron chi connectivity index (χ0n) is 11.6. The molecule has 6 nitrogen and oxygen atoms in total. The molecule has 0 radical (unpaired) electrons. The van der Waals surface area contributed by atoms with E-state index in [-0.39, 0.29) is 11.9 Å². The topological polar surface area (TPSA) is 85.8 Å². The summed E-state index contributed by atoms with van der Waals surface area (Å²) < 4.78 is 1.67. The molecule has 0 aliphatic carbocycles. The van der Waals surface area contributed by atoms with E-state index in [4.69, 9.17) is 5.73 Å². The number of pyridine rings is 1. The van der Waals surface area contributed by atoms with Gasteiger partial charge in [0.05, 0.1) is 0 Å².